The van der Waals surface area contributed by atoms with E-state index in [1.54, 1.807) is 12.3 Å². The highest BCUT2D eigenvalue weighted by molar-refractivity contribution is 5.92. The molecular weight excluding hydrogens is 242 g/mol. The number of carbonyl (C=O) groups is 1. The predicted molar refractivity (Wildman–Crippen MR) is 74.3 cm³/mol. The fraction of sp³-hybridized carbons (Fsp3) is 0.571. The van der Waals surface area contributed by atoms with Gasteiger partial charge in [0.05, 0.1) is 24.5 Å². The summed E-state index contributed by atoms with van der Waals surface area (Å²) in [5.41, 5.74) is 1.40. The SMILES string of the molecule is CCCNc1ccc(C(=O)NC2CCCOC2)nc1. The molecule has 5 heteroatoms. The maximum Gasteiger partial charge on any atom is 0.270 e. The van der Waals surface area contributed by atoms with E-state index in [9.17, 15) is 4.79 Å². The van der Waals surface area contributed by atoms with Gasteiger partial charge in [0.25, 0.3) is 5.91 Å². The molecule has 2 heterocycles. The van der Waals surface area contributed by atoms with Crippen LogP contribution in [0.1, 0.15) is 36.7 Å². The number of rotatable bonds is 5. The van der Waals surface area contributed by atoms with Gasteiger partial charge in [0.15, 0.2) is 0 Å². The van der Waals surface area contributed by atoms with Crippen molar-refractivity contribution < 1.29 is 9.53 Å². The number of hydrogen-bond donors (Lipinski definition) is 2. The van der Waals surface area contributed by atoms with Crippen molar-refractivity contribution in [3.63, 3.8) is 0 Å². The van der Waals surface area contributed by atoms with E-state index in [2.05, 4.69) is 22.5 Å². The smallest absolute Gasteiger partial charge is 0.270 e. The minimum atomic E-state index is -0.127. The van der Waals surface area contributed by atoms with Gasteiger partial charge in [0.1, 0.15) is 5.69 Å². The largest absolute Gasteiger partial charge is 0.384 e. The van der Waals surface area contributed by atoms with E-state index >= 15 is 0 Å². The summed E-state index contributed by atoms with van der Waals surface area (Å²) in [5, 5.41) is 6.18. The van der Waals surface area contributed by atoms with Crippen molar-refractivity contribution in [3.05, 3.63) is 24.0 Å². The number of nitrogens with one attached hydrogen (secondary N) is 2. The molecule has 1 amide bonds. The zero-order chi connectivity index (χ0) is 13.5. The van der Waals surface area contributed by atoms with Crippen LogP contribution in [-0.2, 0) is 4.74 Å². The van der Waals surface area contributed by atoms with Gasteiger partial charge in [-0.1, -0.05) is 6.92 Å². The number of nitrogens with zero attached hydrogens (tertiary/aromatic N) is 1. The second-order valence-electron chi connectivity index (χ2n) is 4.75. The van der Waals surface area contributed by atoms with Crippen molar-refractivity contribution in [1.29, 1.82) is 0 Å². The average Bonchev–Trinajstić information content (AvgIpc) is 2.46. The highest BCUT2D eigenvalue weighted by Crippen LogP contribution is 2.09. The lowest BCUT2D eigenvalue weighted by Gasteiger charge is -2.22. The third-order valence-electron chi connectivity index (χ3n) is 3.07. The van der Waals surface area contributed by atoms with E-state index in [-0.39, 0.29) is 11.9 Å². The number of anilines is 1. The van der Waals surface area contributed by atoms with Gasteiger partial charge in [-0.25, -0.2) is 4.98 Å². The minimum absolute atomic E-state index is 0.112. The highest BCUT2D eigenvalue weighted by Gasteiger charge is 2.17. The molecule has 0 aliphatic carbocycles. The van der Waals surface area contributed by atoms with Gasteiger partial charge in [0, 0.05) is 13.2 Å². The summed E-state index contributed by atoms with van der Waals surface area (Å²) >= 11 is 0. The highest BCUT2D eigenvalue weighted by atomic mass is 16.5. The number of hydrogen-bond acceptors (Lipinski definition) is 4. The van der Waals surface area contributed by atoms with Crippen LogP contribution in [0.4, 0.5) is 5.69 Å². The first-order valence-electron chi connectivity index (χ1n) is 6.88. The standard InChI is InChI=1S/C14H21N3O2/c1-2-7-15-11-5-6-13(16-9-11)14(18)17-12-4-3-8-19-10-12/h5-6,9,12,15H,2-4,7-8,10H2,1H3,(H,17,18). The van der Waals surface area contributed by atoms with Gasteiger partial charge in [-0.15, -0.1) is 0 Å². The first-order chi connectivity index (χ1) is 9.29. The van der Waals surface area contributed by atoms with Crippen LogP contribution in [0, 0.1) is 0 Å². The molecule has 0 bridgehead atoms. The molecule has 1 aromatic rings. The summed E-state index contributed by atoms with van der Waals surface area (Å²) in [6, 6.07) is 3.74. The molecule has 1 aliphatic rings. The first kappa shape index (κ1) is 13.8. The second-order valence-corrected chi connectivity index (χ2v) is 4.75. The van der Waals surface area contributed by atoms with E-state index < -0.39 is 0 Å². The van der Waals surface area contributed by atoms with E-state index in [1.165, 1.54) is 0 Å². The van der Waals surface area contributed by atoms with E-state index in [0.717, 1.165) is 38.1 Å². The van der Waals surface area contributed by atoms with Crippen LogP contribution in [0.3, 0.4) is 0 Å². The Bertz CT molecular complexity index is 400. The minimum Gasteiger partial charge on any atom is -0.384 e. The zero-order valence-corrected chi connectivity index (χ0v) is 11.3. The molecule has 1 saturated heterocycles. The van der Waals surface area contributed by atoms with Gasteiger partial charge in [-0.3, -0.25) is 4.79 Å². The van der Waals surface area contributed by atoms with E-state index in [1.807, 2.05) is 6.07 Å². The lowest BCUT2D eigenvalue weighted by molar-refractivity contribution is 0.0622. The second kappa shape index (κ2) is 7.09. The third kappa shape index (κ3) is 4.21. The van der Waals surface area contributed by atoms with Crippen LogP contribution in [0.15, 0.2) is 18.3 Å². The van der Waals surface area contributed by atoms with Crippen molar-refractivity contribution in [2.45, 2.75) is 32.2 Å². The molecule has 19 heavy (non-hydrogen) atoms. The van der Waals surface area contributed by atoms with Crippen molar-refractivity contribution in [1.82, 2.24) is 10.3 Å². The molecule has 104 valence electrons. The Morgan fingerprint density at radius 3 is 3.05 bits per heavy atom. The lowest BCUT2D eigenvalue weighted by Crippen LogP contribution is -2.40. The molecule has 0 aromatic carbocycles. The zero-order valence-electron chi connectivity index (χ0n) is 11.3. The predicted octanol–water partition coefficient (Wildman–Crippen LogP) is 1.81. The molecule has 0 spiro atoms. The van der Waals surface area contributed by atoms with Crippen LogP contribution in [-0.4, -0.2) is 36.7 Å². The van der Waals surface area contributed by atoms with E-state index in [4.69, 9.17) is 4.74 Å². The number of pyridine rings is 1. The van der Waals surface area contributed by atoms with Crippen molar-refractivity contribution in [2.75, 3.05) is 25.1 Å². The monoisotopic (exact) mass is 263 g/mol. The molecule has 2 N–H and O–H groups in total. The van der Waals surface area contributed by atoms with E-state index in [0.29, 0.717) is 12.3 Å². The Balaban J connectivity index is 1.87. The molecular formula is C14H21N3O2. The topological polar surface area (TPSA) is 63.2 Å². The Morgan fingerprint density at radius 1 is 1.53 bits per heavy atom. The summed E-state index contributed by atoms with van der Waals surface area (Å²) in [6.45, 7) is 4.41. The molecule has 5 nitrogen and oxygen atoms in total. The molecule has 1 aliphatic heterocycles. The summed E-state index contributed by atoms with van der Waals surface area (Å²) in [4.78, 5) is 16.2. The third-order valence-corrected chi connectivity index (χ3v) is 3.07. The van der Waals surface area contributed by atoms with Crippen molar-refractivity contribution in [2.24, 2.45) is 0 Å². The molecule has 1 fully saturated rings. The van der Waals surface area contributed by atoms with Gasteiger partial charge in [-0.2, -0.15) is 0 Å². The fourth-order valence-corrected chi connectivity index (χ4v) is 2.02. The van der Waals surface area contributed by atoms with Gasteiger partial charge in [-0.05, 0) is 31.4 Å². The Morgan fingerprint density at radius 2 is 2.42 bits per heavy atom. The lowest BCUT2D eigenvalue weighted by atomic mass is 10.1. The summed E-state index contributed by atoms with van der Waals surface area (Å²) < 4.78 is 5.34. The Labute approximate surface area is 113 Å². The molecule has 2 rings (SSSR count). The first-order valence-corrected chi connectivity index (χ1v) is 6.88. The Kier molecular flexibility index (Phi) is 5.15. The van der Waals surface area contributed by atoms with Gasteiger partial charge in [0.2, 0.25) is 0 Å². The van der Waals surface area contributed by atoms with Gasteiger partial charge >= 0.3 is 0 Å². The maximum atomic E-state index is 12.0. The number of amides is 1. The average molecular weight is 263 g/mol. The quantitative estimate of drug-likeness (QED) is 0.850. The van der Waals surface area contributed by atoms with Crippen LogP contribution in [0.2, 0.25) is 0 Å². The summed E-state index contributed by atoms with van der Waals surface area (Å²) in [6.07, 6.45) is 4.73. The number of carbonyl (C=O) groups excluding carboxylic acids is 1. The normalized spacial score (nSPS) is 18.9. The Hall–Kier alpha value is -1.62. The summed E-state index contributed by atoms with van der Waals surface area (Å²) in [5.74, 6) is -0.127. The van der Waals surface area contributed by atoms with Crippen molar-refractivity contribution in [3.8, 4) is 0 Å². The number of ether oxygens (including phenoxy) is 1. The molecule has 0 saturated carbocycles. The van der Waals surface area contributed by atoms with Gasteiger partial charge < -0.3 is 15.4 Å². The maximum absolute atomic E-state index is 12.0. The molecule has 1 unspecified atom stereocenters. The fourth-order valence-electron chi connectivity index (χ4n) is 2.02. The van der Waals surface area contributed by atoms with Crippen LogP contribution in [0.5, 0.6) is 0 Å². The molecule has 1 atom stereocenters. The summed E-state index contributed by atoms with van der Waals surface area (Å²) in [7, 11) is 0. The van der Waals surface area contributed by atoms with Crippen molar-refractivity contribution >= 4 is 11.6 Å². The van der Waals surface area contributed by atoms with Crippen LogP contribution < -0.4 is 10.6 Å². The van der Waals surface area contributed by atoms with Crippen LogP contribution in [0.25, 0.3) is 0 Å². The van der Waals surface area contributed by atoms with Crippen LogP contribution >= 0.6 is 0 Å². The molecule has 0 radical (unpaired) electrons. The molecule has 1 aromatic heterocycles. The number of aromatic nitrogens is 1.